The first kappa shape index (κ1) is 23.5. The van der Waals surface area contributed by atoms with Crippen molar-refractivity contribution in [1.29, 1.82) is 0 Å². The number of rotatable bonds is 6. The number of aromatic nitrogens is 4. The van der Waals surface area contributed by atoms with Gasteiger partial charge in [0.15, 0.2) is 5.82 Å². The monoisotopic (exact) mass is 496 g/mol. The predicted molar refractivity (Wildman–Crippen MR) is 130 cm³/mol. The highest BCUT2D eigenvalue weighted by Crippen LogP contribution is 2.31. The van der Waals surface area contributed by atoms with Gasteiger partial charge in [-0.25, -0.2) is 15.0 Å². The molecule has 0 spiro atoms. The lowest BCUT2D eigenvalue weighted by Gasteiger charge is -2.21. The third-order valence-corrected chi connectivity index (χ3v) is 5.75. The number of ether oxygens (including phenoxy) is 1. The Bertz CT molecular complexity index is 1430. The number of hydrogen-bond donors (Lipinski definition) is 1. The summed E-state index contributed by atoms with van der Waals surface area (Å²) in [6.45, 7) is -0.0329. The van der Waals surface area contributed by atoms with Gasteiger partial charge in [-0.05, 0) is 36.8 Å². The second-order valence-electron chi connectivity index (χ2n) is 8.40. The average Bonchev–Trinajstić information content (AvgIpc) is 3.32. The Kier molecular flexibility index (Phi) is 6.13. The zero-order valence-corrected chi connectivity index (χ0v) is 19.2. The first-order chi connectivity index (χ1) is 17.2. The fraction of sp³-hybridized carbons (Fsp3) is 0.240. The van der Waals surface area contributed by atoms with E-state index in [9.17, 15) is 18.0 Å². The molecular formula is C25H23F3N6O2. The zero-order valence-electron chi connectivity index (χ0n) is 19.2. The lowest BCUT2D eigenvalue weighted by molar-refractivity contribution is -0.276. The van der Waals surface area contributed by atoms with E-state index in [4.69, 9.17) is 9.97 Å². The molecule has 3 aromatic heterocycles. The van der Waals surface area contributed by atoms with E-state index in [1.807, 2.05) is 30.3 Å². The summed E-state index contributed by atoms with van der Waals surface area (Å²) < 4.78 is 40.7. The van der Waals surface area contributed by atoms with E-state index in [0.717, 1.165) is 53.6 Å². The molecular weight excluding hydrogens is 473 g/mol. The van der Waals surface area contributed by atoms with Crippen molar-refractivity contribution in [3.8, 4) is 17.4 Å². The van der Waals surface area contributed by atoms with Crippen molar-refractivity contribution in [3.63, 3.8) is 0 Å². The molecule has 0 bridgehead atoms. The summed E-state index contributed by atoms with van der Waals surface area (Å²) in [7, 11) is 1.76. The molecule has 11 heteroatoms. The summed E-state index contributed by atoms with van der Waals surface area (Å²) in [6, 6.07) is 12.2. The van der Waals surface area contributed by atoms with E-state index >= 15 is 0 Å². The number of amides is 1. The molecule has 3 heterocycles. The lowest BCUT2D eigenvalue weighted by Crippen LogP contribution is -2.31. The van der Waals surface area contributed by atoms with Crippen LogP contribution >= 0.6 is 0 Å². The van der Waals surface area contributed by atoms with E-state index in [-0.39, 0.29) is 19.6 Å². The minimum atomic E-state index is -4.83. The number of likely N-dealkylation sites (N-methyl/N-ethyl adjacent to an activating group) is 1. The van der Waals surface area contributed by atoms with Crippen LogP contribution in [0.25, 0.3) is 22.3 Å². The second-order valence-corrected chi connectivity index (χ2v) is 8.40. The molecule has 4 aromatic rings. The number of alkyl halides is 3. The van der Waals surface area contributed by atoms with Crippen LogP contribution in [0.2, 0.25) is 0 Å². The zero-order chi connectivity index (χ0) is 25.3. The van der Waals surface area contributed by atoms with Crippen molar-refractivity contribution in [3.05, 3.63) is 66.1 Å². The maximum Gasteiger partial charge on any atom is 0.574 e. The van der Waals surface area contributed by atoms with Crippen LogP contribution in [0.4, 0.5) is 24.7 Å². The number of carbonyl (C=O) groups is 1. The molecule has 1 aromatic carbocycles. The molecule has 0 atom stereocenters. The standard InChI is InChI=1S/C25H21F3N6O2.H2/c1-34(14-21(35)31-17-9-10-22(30-13-17)36-25(26,27)28)24-18-7-4-8-19(18)32-23(33-24)20-11-15-5-2-3-6-16(15)12-29-20;/h2-3,5-6,9-13H,4,7-8,14H2,1H3,(H,31,35);1H. The Morgan fingerprint density at radius 3 is 2.64 bits per heavy atom. The average molecular weight is 496 g/mol. The van der Waals surface area contributed by atoms with Gasteiger partial charge in [0, 0.05) is 37.4 Å². The second kappa shape index (κ2) is 9.40. The number of pyridine rings is 2. The number of nitrogens with zero attached hydrogens (tertiary/aromatic N) is 5. The number of aryl methyl sites for hydroxylation is 1. The van der Waals surface area contributed by atoms with Gasteiger partial charge in [-0.15, -0.1) is 13.2 Å². The molecule has 36 heavy (non-hydrogen) atoms. The van der Waals surface area contributed by atoms with Gasteiger partial charge in [0.25, 0.3) is 0 Å². The van der Waals surface area contributed by atoms with E-state index < -0.39 is 12.2 Å². The van der Waals surface area contributed by atoms with Crippen LogP contribution in [0.1, 0.15) is 19.1 Å². The SMILES string of the molecule is CN(CC(=O)Nc1ccc(OC(F)(F)F)nc1)c1nc(-c2cc3ccccc3cn2)nc2c1CCC2.[HH]. The molecule has 1 amide bonds. The normalized spacial score (nSPS) is 12.9. The van der Waals surface area contributed by atoms with E-state index in [0.29, 0.717) is 17.3 Å². The molecule has 1 aliphatic rings. The molecule has 0 saturated carbocycles. The van der Waals surface area contributed by atoms with Gasteiger partial charge in [0.05, 0.1) is 18.4 Å². The van der Waals surface area contributed by atoms with E-state index in [2.05, 4.69) is 20.0 Å². The van der Waals surface area contributed by atoms with Gasteiger partial charge in [0.2, 0.25) is 11.8 Å². The van der Waals surface area contributed by atoms with Crippen LogP contribution in [0, 0.1) is 0 Å². The summed E-state index contributed by atoms with van der Waals surface area (Å²) in [5.41, 5.74) is 2.85. The van der Waals surface area contributed by atoms with Crippen molar-refractivity contribution in [2.75, 3.05) is 23.8 Å². The van der Waals surface area contributed by atoms with E-state index in [1.54, 1.807) is 18.1 Å². The highest BCUT2D eigenvalue weighted by atomic mass is 19.4. The smallest absolute Gasteiger partial charge is 0.388 e. The maximum atomic E-state index is 12.7. The number of carbonyl (C=O) groups excluding carboxylic acids is 1. The van der Waals surface area contributed by atoms with Crippen molar-refractivity contribution in [1.82, 2.24) is 19.9 Å². The summed E-state index contributed by atoms with van der Waals surface area (Å²) >= 11 is 0. The minimum Gasteiger partial charge on any atom is -0.388 e. The Labute approximate surface area is 205 Å². The number of benzene rings is 1. The Morgan fingerprint density at radius 1 is 1.08 bits per heavy atom. The van der Waals surface area contributed by atoms with Crippen LogP contribution in [-0.4, -0.2) is 45.8 Å². The quantitative estimate of drug-likeness (QED) is 0.410. The molecule has 1 aliphatic carbocycles. The molecule has 0 aliphatic heterocycles. The fourth-order valence-corrected chi connectivity index (χ4v) is 4.17. The minimum absolute atomic E-state index is 0. The van der Waals surface area contributed by atoms with Crippen molar-refractivity contribution in [2.45, 2.75) is 25.6 Å². The van der Waals surface area contributed by atoms with Gasteiger partial charge >= 0.3 is 6.36 Å². The lowest BCUT2D eigenvalue weighted by atomic mass is 10.1. The van der Waals surface area contributed by atoms with Crippen molar-refractivity contribution < 1.29 is 24.1 Å². The molecule has 186 valence electrons. The van der Waals surface area contributed by atoms with Crippen LogP contribution in [0.5, 0.6) is 5.88 Å². The highest BCUT2D eigenvalue weighted by Gasteiger charge is 2.31. The molecule has 0 unspecified atom stereocenters. The molecule has 0 saturated heterocycles. The van der Waals surface area contributed by atoms with Crippen LogP contribution < -0.4 is 15.0 Å². The number of hydrogen-bond acceptors (Lipinski definition) is 7. The number of nitrogens with one attached hydrogen (secondary N) is 1. The largest absolute Gasteiger partial charge is 0.574 e. The van der Waals surface area contributed by atoms with Crippen LogP contribution in [0.3, 0.4) is 0 Å². The van der Waals surface area contributed by atoms with E-state index in [1.165, 1.54) is 6.07 Å². The summed E-state index contributed by atoms with van der Waals surface area (Å²) in [5.74, 6) is 0.168. The summed E-state index contributed by atoms with van der Waals surface area (Å²) in [5, 5.41) is 4.68. The number of anilines is 2. The Morgan fingerprint density at radius 2 is 1.89 bits per heavy atom. The van der Waals surface area contributed by atoms with Crippen LogP contribution in [0.15, 0.2) is 54.9 Å². The van der Waals surface area contributed by atoms with Gasteiger partial charge in [-0.2, -0.15) is 0 Å². The molecule has 0 fully saturated rings. The van der Waals surface area contributed by atoms with Crippen molar-refractivity contribution in [2.24, 2.45) is 0 Å². The maximum absolute atomic E-state index is 12.7. The number of fused-ring (bicyclic) bond motifs is 2. The molecule has 5 rings (SSSR count). The van der Waals surface area contributed by atoms with Gasteiger partial charge < -0.3 is 15.0 Å². The first-order valence-corrected chi connectivity index (χ1v) is 11.2. The van der Waals surface area contributed by atoms with Gasteiger partial charge in [-0.3, -0.25) is 9.78 Å². The van der Waals surface area contributed by atoms with Crippen molar-refractivity contribution >= 4 is 28.2 Å². The van der Waals surface area contributed by atoms with Gasteiger partial charge in [-0.1, -0.05) is 24.3 Å². The van der Waals surface area contributed by atoms with Gasteiger partial charge in [0.1, 0.15) is 11.5 Å². The molecule has 0 radical (unpaired) electrons. The first-order valence-electron chi connectivity index (χ1n) is 11.2. The predicted octanol–water partition coefficient (Wildman–Crippen LogP) is 4.80. The Hall–Kier alpha value is -4.28. The third-order valence-electron chi connectivity index (χ3n) is 5.75. The highest BCUT2D eigenvalue weighted by molar-refractivity contribution is 5.94. The number of halogens is 3. The third kappa shape index (κ3) is 5.19. The summed E-state index contributed by atoms with van der Waals surface area (Å²) in [4.78, 5) is 32.0. The Balaban J connectivity index is 0.00000320. The van der Waals surface area contributed by atoms with Crippen LogP contribution in [-0.2, 0) is 17.6 Å². The molecule has 8 nitrogen and oxygen atoms in total. The summed E-state index contributed by atoms with van der Waals surface area (Å²) in [6.07, 6.45) is 0.640. The topological polar surface area (TPSA) is 93.1 Å². The molecule has 1 N–H and O–H groups in total. The fourth-order valence-electron chi connectivity index (χ4n) is 4.17.